The van der Waals surface area contributed by atoms with Crippen molar-refractivity contribution in [2.45, 2.75) is 50.5 Å². The summed E-state index contributed by atoms with van der Waals surface area (Å²) in [5, 5.41) is 14.6. The maximum Gasteiger partial charge on any atom is 0.0822 e. The van der Waals surface area contributed by atoms with Crippen molar-refractivity contribution >= 4 is 5.69 Å². The zero-order valence-corrected chi connectivity index (χ0v) is 13.5. The second-order valence-corrected chi connectivity index (χ2v) is 7.77. The summed E-state index contributed by atoms with van der Waals surface area (Å²) in [4.78, 5) is 2.41. The molecular weight excluding hydrogens is 272 g/mol. The van der Waals surface area contributed by atoms with Crippen LogP contribution in [0.15, 0.2) is 24.3 Å². The predicted octanol–water partition coefficient (Wildman–Crippen LogP) is 2.72. The number of hydrogen-bond acceptors (Lipinski definition) is 3. The average Bonchev–Trinajstić information content (AvgIpc) is 2.95. The van der Waals surface area contributed by atoms with Gasteiger partial charge in [-0.1, -0.05) is 18.2 Å². The van der Waals surface area contributed by atoms with Gasteiger partial charge in [-0.15, -0.1) is 0 Å². The molecule has 1 saturated heterocycles. The Kier molecular flexibility index (Phi) is 3.66. The molecule has 3 aliphatic rings. The molecule has 0 amide bonds. The fourth-order valence-corrected chi connectivity index (χ4v) is 4.79. The van der Waals surface area contributed by atoms with E-state index in [1.807, 2.05) is 0 Å². The molecule has 2 fully saturated rings. The fourth-order valence-electron chi connectivity index (χ4n) is 4.79. The van der Waals surface area contributed by atoms with Crippen molar-refractivity contribution in [2.75, 3.05) is 31.1 Å². The molecule has 2 aliphatic heterocycles. The van der Waals surface area contributed by atoms with E-state index in [4.69, 9.17) is 0 Å². The average molecular weight is 300 g/mol. The first kappa shape index (κ1) is 14.5. The number of nitrogens with one attached hydrogen (secondary N) is 1. The van der Waals surface area contributed by atoms with Gasteiger partial charge >= 0.3 is 0 Å². The second-order valence-electron chi connectivity index (χ2n) is 7.77. The van der Waals surface area contributed by atoms with Crippen LogP contribution in [0, 0.1) is 5.41 Å². The standard InChI is InChI=1S/C19H28N2O/c22-19(8-6-18(7-9-19)10-12-20-13-11-18)15-21-14-5-16-3-1-2-4-17(16)21/h1-4,20,22H,5-15H2. The zero-order valence-electron chi connectivity index (χ0n) is 13.5. The summed E-state index contributed by atoms with van der Waals surface area (Å²) in [5.41, 5.74) is 2.84. The van der Waals surface area contributed by atoms with Crippen LogP contribution in [0.25, 0.3) is 0 Å². The van der Waals surface area contributed by atoms with E-state index in [2.05, 4.69) is 34.5 Å². The summed E-state index contributed by atoms with van der Waals surface area (Å²) in [5.74, 6) is 0. The molecule has 0 aromatic heterocycles. The molecule has 1 aliphatic carbocycles. The number of fused-ring (bicyclic) bond motifs is 1. The number of rotatable bonds is 2. The molecule has 22 heavy (non-hydrogen) atoms. The minimum Gasteiger partial charge on any atom is -0.388 e. The molecule has 1 spiro atoms. The number of β-amino-alcohol motifs (C(OH)–C–C–N with tert-alkyl or cyclic N) is 1. The lowest BCUT2D eigenvalue weighted by atomic mass is 9.64. The van der Waals surface area contributed by atoms with Gasteiger partial charge in [-0.3, -0.25) is 0 Å². The maximum atomic E-state index is 11.1. The minimum atomic E-state index is -0.479. The summed E-state index contributed by atoms with van der Waals surface area (Å²) in [6, 6.07) is 8.68. The van der Waals surface area contributed by atoms with Gasteiger partial charge in [-0.05, 0) is 75.1 Å². The highest BCUT2D eigenvalue weighted by atomic mass is 16.3. The van der Waals surface area contributed by atoms with Gasteiger partial charge in [0.15, 0.2) is 0 Å². The molecule has 3 nitrogen and oxygen atoms in total. The van der Waals surface area contributed by atoms with Crippen molar-refractivity contribution in [1.82, 2.24) is 5.32 Å². The molecule has 0 atom stereocenters. The van der Waals surface area contributed by atoms with Gasteiger partial charge in [-0.25, -0.2) is 0 Å². The first-order valence-corrected chi connectivity index (χ1v) is 8.94. The number of para-hydroxylation sites is 1. The molecule has 2 heterocycles. The summed E-state index contributed by atoms with van der Waals surface area (Å²) >= 11 is 0. The third-order valence-corrected chi connectivity index (χ3v) is 6.37. The van der Waals surface area contributed by atoms with Gasteiger partial charge in [-0.2, -0.15) is 0 Å². The van der Waals surface area contributed by atoms with Crippen molar-refractivity contribution in [3.8, 4) is 0 Å². The Hall–Kier alpha value is -1.06. The fraction of sp³-hybridized carbons (Fsp3) is 0.684. The Labute approximate surface area is 133 Å². The molecule has 3 heteroatoms. The largest absolute Gasteiger partial charge is 0.388 e. The zero-order chi connectivity index (χ0) is 15.0. The lowest BCUT2D eigenvalue weighted by molar-refractivity contribution is -0.0363. The molecule has 2 N–H and O–H groups in total. The van der Waals surface area contributed by atoms with Crippen molar-refractivity contribution in [3.05, 3.63) is 29.8 Å². The topological polar surface area (TPSA) is 35.5 Å². The molecule has 1 saturated carbocycles. The van der Waals surface area contributed by atoms with Crippen LogP contribution in [0.1, 0.15) is 44.1 Å². The van der Waals surface area contributed by atoms with Crippen LogP contribution in [-0.4, -0.2) is 36.9 Å². The summed E-state index contributed by atoms with van der Waals surface area (Å²) in [6.07, 6.45) is 8.10. The molecule has 0 radical (unpaired) electrons. The second kappa shape index (κ2) is 5.54. The highest BCUT2D eigenvalue weighted by molar-refractivity contribution is 5.58. The number of benzene rings is 1. The lowest BCUT2D eigenvalue weighted by Gasteiger charge is -2.47. The van der Waals surface area contributed by atoms with Crippen LogP contribution < -0.4 is 10.2 Å². The lowest BCUT2D eigenvalue weighted by Crippen LogP contribution is -2.49. The Bertz CT molecular complexity index is 526. The van der Waals surface area contributed by atoms with E-state index in [9.17, 15) is 5.11 Å². The first-order chi connectivity index (χ1) is 10.7. The first-order valence-electron chi connectivity index (χ1n) is 8.94. The summed E-state index contributed by atoms with van der Waals surface area (Å²) in [6.45, 7) is 4.21. The van der Waals surface area contributed by atoms with Crippen LogP contribution in [-0.2, 0) is 6.42 Å². The third-order valence-electron chi connectivity index (χ3n) is 6.37. The number of aliphatic hydroxyl groups is 1. The SMILES string of the molecule is OC1(CN2CCc3ccccc32)CCC2(CCNCC2)CC1. The van der Waals surface area contributed by atoms with E-state index < -0.39 is 5.60 Å². The van der Waals surface area contributed by atoms with Crippen LogP contribution in [0.2, 0.25) is 0 Å². The molecule has 1 aromatic rings. The maximum absolute atomic E-state index is 11.1. The van der Waals surface area contributed by atoms with E-state index in [0.717, 1.165) is 45.4 Å². The summed E-state index contributed by atoms with van der Waals surface area (Å²) in [7, 11) is 0. The monoisotopic (exact) mass is 300 g/mol. The van der Waals surface area contributed by atoms with E-state index in [1.54, 1.807) is 0 Å². The van der Waals surface area contributed by atoms with Crippen molar-refractivity contribution in [3.63, 3.8) is 0 Å². The van der Waals surface area contributed by atoms with E-state index >= 15 is 0 Å². The Morgan fingerprint density at radius 2 is 1.73 bits per heavy atom. The van der Waals surface area contributed by atoms with E-state index in [1.165, 1.54) is 36.9 Å². The Morgan fingerprint density at radius 3 is 2.50 bits per heavy atom. The molecule has 4 rings (SSSR count). The van der Waals surface area contributed by atoms with Crippen molar-refractivity contribution < 1.29 is 5.11 Å². The highest BCUT2D eigenvalue weighted by Gasteiger charge is 2.43. The van der Waals surface area contributed by atoms with Crippen LogP contribution in [0.4, 0.5) is 5.69 Å². The normalized spacial score (nSPS) is 26.1. The van der Waals surface area contributed by atoms with Crippen LogP contribution >= 0.6 is 0 Å². The molecule has 1 aromatic carbocycles. The van der Waals surface area contributed by atoms with Gasteiger partial charge in [0.1, 0.15) is 0 Å². The molecular formula is C19H28N2O. The number of nitrogens with zero attached hydrogens (tertiary/aromatic N) is 1. The van der Waals surface area contributed by atoms with Gasteiger partial charge < -0.3 is 15.3 Å². The van der Waals surface area contributed by atoms with Crippen LogP contribution in [0.5, 0.6) is 0 Å². The summed E-state index contributed by atoms with van der Waals surface area (Å²) < 4.78 is 0. The highest BCUT2D eigenvalue weighted by Crippen LogP contribution is 2.47. The van der Waals surface area contributed by atoms with Crippen LogP contribution in [0.3, 0.4) is 0 Å². The molecule has 120 valence electrons. The van der Waals surface area contributed by atoms with Gasteiger partial charge in [0.25, 0.3) is 0 Å². The van der Waals surface area contributed by atoms with Gasteiger partial charge in [0.05, 0.1) is 5.60 Å². The third kappa shape index (κ3) is 2.65. The predicted molar refractivity (Wildman–Crippen MR) is 90.3 cm³/mol. The minimum absolute atomic E-state index is 0.479. The molecule has 0 bridgehead atoms. The van der Waals surface area contributed by atoms with Crippen molar-refractivity contribution in [2.24, 2.45) is 5.41 Å². The number of anilines is 1. The van der Waals surface area contributed by atoms with Crippen molar-refractivity contribution in [1.29, 1.82) is 0 Å². The van der Waals surface area contributed by atoms with Gasteiger partial charge in [0.2, 0.25) is 0 Å². The molecule has 0 unspecified atom stereocenters. The van der Waals surface area contributed by atoms with Gasteiger partial charge in [0, 0.05) is 18.8 Å². The Balaban J connectivity index is 1.42. The number of piperidine rings is 1. The van der Waals surface area contributed by atoms with E-state index in [0.29, 0.717) is 5.41 Å². The quantitative estimate of drug-likeness (QED) is 0.881. The van der Waals surface area contributed by atoms with E-state index in [-0.39, 0.29) is 0 Å². The number of hydrogen-bond donors (Lipinski definition) is 2. The Morgan fingerprint density at radius 1 is 1.00 bits per heavy atom. The smallest absolute Gasteiger partial charge is 0.0822 e.